The molecule has 0 aromatic heterocycles. The van der Waals surface area contributed by atoms with Gasteiger partial charge < -0.3 is 9.47 Å². The van der Waals surface area contributed by atoms with Crippen LogP contribution in [-0.4, -0.2) is 13.7 Å². The Bertz CT molecular complexity index is 838. The summed E-state index contributed by atoms with van der Waals surface area (Å²) in [7, 11) is 1.64. The maximum Gasteiger partial charge on any atom is 0.172 e. The summed E-state index contributed by atoms with van der Waals surface area (Å²) in [5.74, 6) is 0.713. The van der Waals surface area contributed by atoms with Crippen molar-refractivity contribution in [2.75, 3.05) is 13.7 Å². The third kappa shape index (κ3) is 3.04. The molecule has 2 nitrogen and oxygen atoms in total. The van der Waals surface area contributed by atoms with Gasteiger partial charge in [-0.1, -0.05) is 43.0 Å². The molecule has 0 radical (unpaired) electrons. The van der Waals surface area contributed by atoms with Crippen LogP contribution < -0.4 is 9.47 Å². The monoisotopic (exact) mass is 308 g/mol. The predicted octanol–water partition coefficient (Wildman–Crippen LogP) is 5.22. The second-order valence-corrected chi connectivity index (χ2v) is 5.14. The van der Waals surface area contributed by atoms with Gasteiger partial charge in [0, 0.05) is 5.39 Å². The lowest BCUT2D eigenvalue weighted by Crippen LogP contribution is -1.96. The Balaban J connectivity index is 2.00. The molecule has 116 valence electrons. The Morgan fingerprint density at radius 1 is 1.00 bits per heavy atom. The van der Waals surface area contributed by atoms with Crippen LogP contribution in [0.2, 0.25) is 0 Å². The second kappa shape index (κ2) is 6.53. The highest BCUT2D eigenvalue weighted by Gasteiger charge is 2.09. The molecule has 0 saturated heterocycles. The summed E-state index contributed by atoms with van der Waals surface area (Å²) in [5, 5.41) is 1.38. The topological polar surface area (TPSA) is 18.5 Å². The normalized spacial score (nSPS) is 10.5. The number of rotatable bonds is 5. The van der Waals surface area contributed by atoms with Crippen LogP contribution in [0, 0.1) is 5.82 Å². The molecule has 3 rings (SSSR count). The van der Waals surface area contributed by atoms with Crippen LogP contribution in [0.25, 0.3) is 21.9 Å². The molecular weight excluding hydrogens is 291 g/mol. The van der Waals surface area contributed by atoms with Crippen molar-refractivity contribution in [2.45, 2.75) is 0 Å². The van der Waals surface area contributed by atoms with Gasteiger partial charge in [0.25, 0.3) is 0 Å². The van der Waals surface area contributed by atoms with Crippen LogP contribution >= 0.6 is 0 Å². The zero-order chi connectivity index (χ0) is 16.2. The average molecular weight is 308 g/mol. The lowest BCUT2D eigenvalue weighted by atomic mass is 10.0. The first kappa shape index (κ1) is 15.1. The van der Waals surface area contributed by atoms with E-state index in [-0.39, 0.29) is 18.2 Å². The summed E-state index contributed by atoms with van der Waals surface area (Å²) < 4.78 is 24.9. The lowest BCUT2D eigenvalue weighted by Gasteiger charge is -2.09. The van der Waals surface area contributed by atoms with Crippen molar-refractivity contribution in [3.05, 3.63) is 73.1 Å². The van der Waals surface area contributed by atoms with E-state index in [1.54, 1.807) is 25.3 Å². The van der Waals surface area contributed by atoms with Gasteiger partial charge in [0.15, 0.2) is 11.6 Å². The molecule has 0 amide bonds. The lowest BCUT2D eigenvalue weighted by molar-refractivity contribution is 0.344. The first-order valence-electron chi connectivity index (χ1n) is 7.33. The maximum absolute atomic E-state index is 14.4. The molecule has 0 heterocycles. The van der Waals surface area contributed by atoms with Crippen LogP contribution in [0.1, 0.15) is 0 Å². The molecule has 0 bridgehead atoms. The first-order valence-corrected chi connectivity index (χ1v) is 7.33. The van der Waals surface area contributed by atoms with Crippen molar-refractivity contribution in [1.29, 1.82) is 0 Å². The Hall–Kier alpha value is -2.81. The molecule has 0 aliphatic carbocycles. The summed E-state index contributed by atoms with van der Waals surface area (Å²) >= 11 is 0. The number of hydrogen-bond donors (Lipinski definition) is 0. The minimum absolute atomic E-state index is 0.245. The molecule has 0 aliphatic heterocycles. The van der Waals surface area contributed by atoms with Crippen LogP contribution in [0.3, 0.4) is 0 Å². The van der Waals surface area contributed by atoms with Crippen LogP contribution in [0.4, 0.5) is 4.39 Å². The van der Waals surface area contributed by atoms with Crippen molar-refractivity contribution >= 4 is 10.8 Å². The molecule has 0 aliphatic rings. The Morgan fingerprint density at radius 2 is 1.74 bits per heavy atom. The van der Waals surface area contributed by atoms with Gasteiger partial charge in [-0.2, -0.15) is 0 Å². The number of benzene rings is 3. The van der Waals surface area contributed by atoms with Crippen LogP contribution in [0.15, 0.2) is 67.3 Å². The van der Waals surface area contributed by atoms with Gasteiger partial charge in [0.1, 0.15) is 12.4 Å². The van der Waals surface area contributed by atoms with Crippen molar-refractivity contribution in [2.24, 2.45) is 0 Å². The summed E-state index contributed by atoms with van der Waals surface area (Å²) in [5.41, 5.74) is 2.08. The van der Waals surface area contributed by atoms with Gasteiger partial charge in [-0.3, -0.25) is 0 Å². The van der Waals surface area contributed by atoms with Gasteiger partial charge in [0.05, 0.1) is 7.11 Å². The fourth-order valence-corrected chi connectivity index (χ4v) is 2.50. The van der Waals surface area contributed by atoms with Gasteiger partial charge in [0.2, 0.25) is 0 Å². The quantitative estimate of drug-likeness (QED) is 0.602. The van der Waals surface area contributed by atoms with Crippen molar-refractivity contribution in [3.63, 3.8) is 0 Å². The van der Waals surface area contributed by atoms with E-state index in [4.69, 9.17) is 9.47 Å². The third-order valence-electron chi connectivity index (χ3n) is 3.70. The fraction of sp³-hybridized carbons (Fsp3) is 0.100. The second-order valence-electron chi connectivity index (χ2n) is 5.14. The van der Waals surface area contributed by atoms with Crippen LogP contribution in [0.5, 0.6) is 11.5 Å². The SMILES string of the molecule is C=CCOc1ccc2cc(-c3ccc(OC)cc3)ccc2c1F. The highest BCUT2D eigenvalue weighted by atomic mass is 19.1. The standard InChI is InChI=1S/C20H17FO2/c1-3-12-23-19-11-7-16-13-15(6-10-18(16)20(19)21)14-4-8-17(22-2)9-5-14/h3-11,13H,1,12H2,2H3. The summed E-state index contributed by atoms with van der Waals surface area (Å²) in [6.45, 7) is 3.85. The number of halogens is 1. The minimum Gasteiger partial charge on any atom is -0.497 e. The van der Waals surface area contributed by atoms with Crippen molar-refractivity contribution in [3.8, 4) is 22.6 Å². The van der Waals surface area contributed by atoms with Crippen molar-refractivity contribution < 1.29 is 13.9 Å². The van der Waals surface area contributed by atoms with E-state index in [2.05, 4.69) is 6.58 Å². The number of fused-ring (bicyclic) bond motifs is 1. The fourth-order valence-electron chi connectivity index (χ4n) is 2.50. The Kier molecular flexibility index (Phi) is 4.29. The Labute approximate surface area is 134 Å². The molecule has 3 heteroatoms. The number of methoxy groups -OCH3 is 1. The zero-order valence-electron chi connectivity index (χ0n) is 12.9. The zero-order valence-corrected chi connectivity index (χ0v) is 12.9. The largest absolute Gasteiger partial charge is 0.497 e. The van der Waals surface area contributed by atoms with Gasteiger partial charge in [-0.25, -0.2) is 4.39 Å². The molecule has 0 fully saturated rings. The van der Waals surface area contributed by atoms with E-state index >= 15 is 0 Å². The van der Waals surface area contributed by atoms with Gasteiger partial charge in [-0.15, -0.1) is 0 Å². The van der Waals surface area contributed by atoms with E-state index < -0.39 is 0 Å². The summed E-state index contributed by atoms with van der Waals surface area (Å²) in [6, 6.07) is 17.0. The summed E-state index contributed by atoms with van der Waals surface area (Å²) in [4.78, 5) is 0. The molecule has 3 aromatic carbocycles. The minimum atomic E-state index is -0.342. The highest BCUT2D eigenvalue weighted by Crippen LogP contribution is 2.30. The smallest absolute Gasteiger partial charge is 0.172 e. The van der Waals surface area contributed by atoms with Crippen molar-refractivity contribution in [1.82, 2.24) is 0 Å². The molecule has 0 N–H and O–H groups in total. The van der Waals surface area contributed by atoms with E-state index in [9.17, 15) is 4.39 Å². The van der Waals surface area contributed by atoms with E-state index in [0.717, 1.165) is 22.3 Å². The third-order valence-corrected chi connectivity index (χ3v) is 3.70. The molecule has 3 aromatic rings. The Morgan fingerprint density at radius 3 is 2.43 bits per heavy atom. The molecule has 23 heavy (non-hydrogen) atoms. The average Bonchev–Trinajstić information content (AvgIpc) is 2.61. The van der Waals surface area contributed by atoms with Gasteiger partial charge >= 0.3 is 0 Å². The molecule has 0 unspecified atom stereocenters. The molecular formula is C20H17FO2. The van der Waals surface area contributed by atoms with Gasteiger partial charge in [-0.05, 0) is 40.8 Å². The maximum atomic E-state index is 14.4. The molecule has 0 spiro atoms. The van der Waals surface area contributed by atoms with E-state index in [1.165, 1.54) is 0 Å². The highest BCUT2D eigenvalue weighted by molar-refractivity contribution is 5.89. The van der Waals surface area contributed by atoms with E-state index in [1.807, 2.05) is 42.5 Å². The van der Waals surface area contributed by atoms with Crippen LogP contribution in [-0.2, 0) is 0 Å². The number of hydrogen-bond acceptors (Lipinski definition) is 2. The van der Waals surface area contributed by atoms with E-state index in [0.29, 0.717) is 5.39 Å². The predicted molar refractivity (Wildman–Crippen MR) is 91.6 cm³/mol. The first-order chi connectivity index (χ1) is 11.2. The summed E-state index contributed by atoms with van der Waals surface area (Å²) in [6.07, 6.45) is 1.59. The molecule has 0 saturated carbocycles. The molecule has 0 atom stereocenters. The number of ether oxygens (including phenoxy) is 2.